The molecule has 0 unspecified atom stereocenters. The first-order chi connectivity index (χ1) is 10.0. The minimum atomic E-state index is 0.702. The Morgan fingerprint density at radius 3 is 2.48 bits per heavy atom. The average Bonchev–Trinajstić information content (AvgIpc) is 2.45. The summed E-state index contributed by atoms with van der Waals surface area (Å²) in [5, 5.41) is 3.42. The molecule has 1 aromatic heterocycles. The number of methoxy groups -OCH3 is 1. The van der Waals surface area contributed by atoms with E-state index in [0.29, 0.717) is 6.54 Å². The van der Waals surface area contributed by atoms with Gasteiger partial charge in [0, 0.05) is 26.8 Å². The van der Waals surface area contributed by atoms with Crippen LogP contribution in [0.4, 0.5) is 11.5 Å². The first kappa shape index (κ1) is 16.1. The lowest BCUT2D eigenvalue weighted by Crippen LogP contribution is -2.13. The zero-order valence-electron chi connectivity index (χ0n) is 12.2. The normalized spacial score (nSPS) is 10.3. The van der Waals surface area contributed by atoms with E-state index in [1.54, 1.807) is 13.3 Å². The fraction of sp³-hybridized carbons (Fsp3) is 0.267. The minimum absolute atomic E-state index is 0.702. The van der Waals surface area contributed by atoms with Crippen LogP contribution in [0.1, 0.15) is 5.56 Å². The van der Waals surface area contributed by atoms with Gasteiger partial charge in [-0.2, -0.15) is 0 Å². The van der Waals surface area contributed by atoms with Crippen molar-refractivity contribution in [3.05, 3.63) is 45.0 Å². The lowest BCUT2D eigenvalue weighted by Gasteiger charge is -2.17. The minimum Gasteiger partial charge on any atom is -0.494 e. The van der Waals surface area contributed by atoms with Gasteiger partial charge >= 0.3 is 0 Å². The van der Waals surface area contributed by atoms with Crippen molar-refractivity contribution in [1.82, 2.24) is 4.98 Å². The maximum Gasteiger partial charge on any atom is 0.151 e. The van der Waals surface area contributed by atoms with Gasteiger partial charge in [-0.25, -0.2) is 4.98 Å². The van der Waals surface area contributed by atoms with Gasteiger partial charge in [0.1, 0.15) is 5.75 Å². The summed E-state index contributed by atoms with van der Waals surface area (Å²) in [5.74, 6) is 1.72. The molecule has 0 radical (unpaired) electrons. The quantitative estimate of drug-likeness (QED) is 0.791. The molecular weight excluding hydrogens is 398 g/mol. The van der Waals surface area contributed by atoms with Crippen LogP contribution in [0.2, 0.25) is 0 Å². The van der Waals surface area contributed by atoms with Crippen LogP contribution in [0.5, 0.6) is 5.75 Å². The van der Waals surface area contributed by atoms with Crippen molar-refractivity contribution in [2.45, 2.75) is 6.54 Å². The molecule has 0 aliphatic rings. The van der Waals surface area contributed by atoms with E-state index in [9.17, 15) is 0 Å². The first-order valence-corrected chi connectivity index (χ1v) is 7.99. The van der Waals surface area contributed by atoms with Crippen LogP contribution in [0.15, 0.2) is 39.4 Å². The number of aromatic nitrogens is 1. The fourth-order valence-electron chi connectivity index (χ4n) is 2.00. The van der Waals surface area contributed by atoms with Gasteiger partial charge in [-0.15, -0.1) is 0 Å². The largest absolute Gasteiger partial charge is 0.494 e. The van der Waals surface area contributed by atoms with Crippen LogP contribution in [0.3, 0.4) is 0 Å². The molecule has 2 aromatic rings. The molecular formula is C15H17Br2N3O. The van der Waals surface area contributed by atoms with E-state index in [0.717, 1.165) is 31.8 Å². The molecule has 0 spiro atoms. The van der Waals surface area contributed by atoms with E-state index in [2.05, 4.69) is 42.2 Å². The Labute approximate surface area is 141 Å². The standard InChI is InChI=1S/C15H17Br2N3O/c1-20(2)15-13(5-4-6-18-15)19-9-10-7-11(16)14(21-3)12(17)8-10/h4-8,19H,9H2,1-3H3. The molecule has 112 valence electrons. The van der Waals surface area contributed by atoms with Crippen molar-refractivity contribution in [1.29, 1.82) is 0 Å². The van der Waals surface area contributed by atoms with E-state index in [-0.39, 0.29) is 0 Å². The summed E-state index contributed by atoms with van der Waals surface area (Å²) in [6.45, 7) is 0.702. The highest BCUT2D eigenvalue weighted by Gasteiger charge is 2.09. The smallest absolute Gasteiger partial charge is 0.151 e. The number of pyridine rings is 1. The predicted octanol–water partition coefficient (Wildman–Crippen LogP) is 4.29. The summed E-state index contributed by atoms with van der Waals surface area (Å²) in [4.78, 5) is 6.37. The molecule has 21 heavy (non-hydrogen) atoms. The van der Waals surface area contributed by atoms with Crippen LogP contribution >= 0.6 is 31.9 Å². The highest BCUT2D eigenvalue weighted by atomic mass is 79.9. The molecule has 0 fully saturated rings. The Kier molecular flexibility index (Phi) is 5.47. The van der Waals surface area contributed by atoms with Gasteiger partial charge in [-0.05, 0) is 61.7 Å². The maximum absolute atomic E-state index is 5.31. The third kappa shape index (κ3) is 3.89. The van der Waals surface area contributed by atoms with Gasteiger partial charge in [-0.3, -0.25) is 0 Å². The van der Waals surface area contributed by atoms with Crippen molar-refractivity contribution in [2.24, 2.45) is 0 Å². The number of hydrogen-bond donors (Lipinski definition) is 1. The second-order valence-corrected chi connectivity index (χ2v) is 6.42. The Bertz CT molecular complexity index is 609. The second kappa shape index (κ2) is 7.13. The van der Waals surface area contributed by atoms with E-state index in [4.69, 9.17) is 4.74 Å². The molecule has 0 saturated carbocycles. The number of hydrogen-bond acceptors (Lipinski definition) is 4. The zero-order valence-corrected chi connectivity index (χ0v) is 15.3. The molecule has 0 atom stereocenters. The van der Waals surface area contributed by atoms with Crippen molar-refractivity contribution in [2.75, 3.05) is 31.4 Å². The van der Waals surface area contributed by atoms with E-state index < -0.39 is 0 Å². The van der Waals surface area contributed by atoms with Crippen molar-refractivity contribution in [3.63, 3.8) is 0 Å². The van der Waals surface area contributed by atoms with Crippen molar-refractivity contribution < 1.29 is 4.74 Å². The van der Waals surface area contributed by atoms with Crippen LogP contribution in [-0.4, -0.2) is 26.2 Å². The molecule has 1 heterocycles. The van der Waals surface area contributed by atoms with E-state index in [1.165, 1.54) is 0 Å². The van der Waals surface area contributed by atoms with Crippen LogP contribution in [-0.2, 0) is 6.54 Å². The highest BCUT2D eigenvalue weighted by molar-refractivity contribution is 9.11. The molecule has 4 nitrogen and oxygen atoms in total. The summed E-state index contributed by atoms with van der Waals surface area (Å²) >= 11 is 7.04. The number of nitrogens with one attached hydrogen (secondary N) is 1. The highest BCUT2D eigenvalue weighted by Crippen LogP contribution is 2.34. The van der Waals surface area contributed by atoms with Crippen LogP contribution in [0, 0.1) is 0 Å². The molecule has 2 rings (SSSR count). The van der Waals surface area contributed by atoms with Gasteiger partial charge in [0.2, 0.25) is 0 Å². The fourth-order valence-corrected chi connectivity index (χ4v) is 3.60. The number of rotatable bonds is 5. The summed E-state index contributed by atoms with van der Waals surface area (Å²) in [7, 11) is 5.61. The lowest BCUT2D eigenvalue weighted by atomic mass is 10.2. The van der Waals surface area contributed by atoms with Gasteiger partial charge < -0.3 is 15.0 Å². The van der Waals surface area contributed by atoms with Crippen molar-refractivity contribution >= 4 is 43.4 Å². The Balaban J connectivity index is 2.17. The number of anilines is 2. The Morgan fingerprint density at radius 2 is 1.90 bits per heavy atom. The number of halogens is 2. The summed E-state index contributed by atoms with van der Waals surface area (Å²) in [5.41, 5.74) is 2.15. The zero-order chi connectivity index (χ0) is 15.4. The molecule has 0 amide bonds. The van der Waals surface area contributed by atoms with Gasteiger partial charge in [0.05, 0.1) is 21.7 Å². The SMILES string of the molecule is COc1c(Br)cc(CNc2cccnc2N(C)C)cc1Br. The van der Waals surface area contributed by atoms with Crippen molar-refractivity contribution in [3.8, 4) is 5.75 Å². The number of nitrogens with zero attached hydrogens (tertiary/aromatic N) is 2. The molecule has 0 aliphatic heterocycles. The Hall–Kier alpha value is -1.27. The Morgan fingerprint density at radius 1 is 1.24 bits per heavy atom. The summed E-state index contributed by atoms with van der Waals surface area (Å²) < 4.78 is 7.17. The second-order valence-electron chi connectivity index (χ2n) is 4.72. The monoisotopic (exact) mass is 413 g/mol. The van der Waals surface area contributed by atoms with Gasteiger partial charge in [0.25, 0.3) is 0 Å². The number of benzene rings is 1. The molecule has 0 bridgehead atoms. The topological polar surface area (TPSA) is 37.4 Å². The van der Waals surface area contributed by atoms with Gasteiger partial charge in [0.15, 0.2) is 5.82 Å². The number of ether oxygens (including phenoxy) is 1. The summed E-state index contributed by atoms with van der Waals surface area (Å²) in [6.07, 6.45) is 1.79. The molecule has 1 aromatic carbocycles. The molecule has 6 heteroatoms. The molecule has 1 N–H and O–H groups in total. The lowest BCUT2D eigenvalue weighted by molar-refractivity contribution is 0.409. The van der Waals surface area contributed by atoms with Crippen LogP contribution in [0.25, 0.3) is 0 Å². The van der Waals surface area contributed by atoms with Crippen LogP contribution < -0.4 is 15.0 Å². The third-order valence-corrected chi connectivity index (χ3v) is 4.13. The first-order valence-electron chi connectivity index (χ1n) is 6.41. The predicted molar refractivity (Wildman–Crippen MR) is 94.3 cm³/mol. The van der Waals surface area contributed by atoms with E-state index in [1.807, 2.05) is 43.3 Å². The summed E-state index contributed by atoms with van der Waals surface area (Å²) in [6, 6.07) is 8.04. The third-order valence-electron chi connectivity index (χ3n) is 2.96. The average molecular weight is 415 g/mol. The van der Waals surface area contributed by atoms with E-state index >= 15 is 0 Å². The molecule has 0 aliphatic carbocycles. The maximum atomic E-state index is 5.31. The van der Waals surface area contributed by atoms with Gasteiger partial charge in [-0.1, -0.05) is 0 Å². The molecule has 0 saturated heterocycles.